The topological polar surface area (TPSA) is 84.3 Å². The first kappa shape index (κ1) is 21.1. The Labute approximate surface area is 165 Å². The van der Waals surface area contributed by atoms with Gasteiger partial charge in [-0.05, 0) is 44.2 Å². The lowest BCUT2D eigenvalue weighted by Gasteiger charge is -2.26. The van der Waals surface area contributed by atoms with Crippen molar-refractivity contribution >= 4 is 18.3 Å². The number of hydrogen-bond acceptors (Lipinski definition) is 6. The van der Waals surface area contributed by atoms with E-state index in [1.807, 2.05) is 31.2 Å². The van der Waals surface area contributed by atoms with Crippen LogP contribution in [0.25, 0.3) is 5.69 Å². The molecule has 1 aromatic heterocycles. The van der Waals surface area contributed by atoms with E-state index < -0.39 is 0 Å². The quantitative estimate of drug-likeness (QED) is 0.682. The molecule has 0 radical (unpaired) electrons. The number of carbonyl (C=O) groups is 1. The van der Waals surface area contributed by atoms with Gasteiger partial charge in [0.1, 0.15) is 5.75 Å². The highest BCUT2D eigenvalue weighted by molar-refractivity contribution is 5.93. The lowest BCUT2D eigenvalue weighted by atomic mass is 10.2. The number of carbonyl (C=O) groups excluding carboxylic acids is 1. The Morgan fingerprint density at radius 2 is 1.96 bits per heavy atom. The summed E-state index contributed by atoms with van der Waals surface area (Å²) in [6.45, 7) is 7.71. The fraction of sp³-hybridized carbons (Fsp3) is 0.500. The maximum absolute atomic E-state index is 12.4. The number of ether oxygens (including phenoxy) is 1. The second-order valence-corrected chi connectivity index (χ2v) is 6.33. The zero-order chi connectivity index (χ0) is 18.4. The standard InChI is InChI=1S/C18H26N6O2.ClH/c1-14-17(18(25)20-8-3-11-23-12-9-19-10-13-23)21-22-24(14)15-4-6-16(26-2)7-5-15;/h4-7,19H,3,8-13H2,1-2H3,(H,20,25);1H. The van der Waals surface area contributed by atoms with Gasteiger partial charge in [-0.2, -0.15) is 0 Å². The summed E-state index contributed by atoms with van der Waals surface area (Å²) in [5, 5.41) is 14.5. The maximum Gasteiger partial charge on any atom is 0.273 e. The molecule has 1 aromatic carbocycles. The van der Waals surface area contributed by atoms with Crippen LogP contribution in [0.1, 0.15) is 22.6 Å². The van der Waals surface area contributed by atoms with Crippen LogP contribution in [0.3, 0.4) is 0 Å². The van der Waals surface area contributed by atoms with Crippen LogP contribution in [-0.2, 0) is 0 Å². The lowest BCUT2D eigenvalue weighted by molar-refractivity contribution is 0.0945. The largest absolute Gasteiger partial charge is 0.497 e. The predicted octanol–water partition coefficient (Wildman–Crippen LogP) is 1.03. The van der Waals surface area contributed by atoms with Crippen molar-refractivity contribution in [3.8, 4) is 11.4 Å². The molecule has 148 valence electrons. The monoisotopic (exact) mass is 394 g/mol. The number of methoxy groups -OCH3 is 1. The van der Waals surface area contributed by atoms with Crippen LogP contribution in [0.2, 0.25) is 0 Å². The molecular weight excluding hydrogens is 368 g/mol. The zero-order valence-electron chi connectivity index (χ0n) is 15.8. The molecule has 0 aliphatic carbocycles. The molecule has 1 amide bonds. The highest BCUT2D eigenvalue weighted by Gasteiger charge is 2.17. The Morgan fingerprint density at radius 1 is 1.26 bits per heavy atom. The van der Waals surface area contributed by atoms with Crippen LogP contribution in [0, 0.1) is 6.92 Å². The van der Waals surface area contributed by atoms with Gasteiger partial charge in [-0.3, -0.25) is 4.79 Å². The molecule has 1 saturated heterocycles. The molecule has 0 atom stereocenters. The van der Waals surface area contributed by atoms with E-state index >= 15 is 0 Å². The van der Waals surface area contributed by atoms with E-state index in [1.54, 1.807) is 11.8 Å². The van der Waals surface area contributed by atoms with Crippen LogP contribution < -0.4 is 15.4 Å². The second-order valence-electron chi connectivity index (χ2n) is 6.33. The summed E-state index contributed by atoms with van der Waals surface area (Å²) in [5.74, 6) is 0.594. The van der Waals surface area contributed by atoms with E-state index in [0.717, 1.165) is 56.3 Å². The Morgan fingerprint density at radius 3 is 2.63 bits per heavy atom. The predicted molar refractivity (Wildman–Crippen MR) is 106 cm³/mol. The number of rotatable bonds is 7. The van der Waals surface area contributed by atoms with E-state index in [4.69, 9.17) is 4.74 Å². The summed E-state index contributed by atoms with van der Waals surface area (Å²) < 4.78 is 6.82. The third-order valence-corrected chi connectivity index (χ3v) is 4.57. The van der Waals surface area contributed by atoms with E-state index in [0.29, 0.717) is 12.2 Å². The second kappa shape index (κ2) is 10.2. The van der Waals surface area contributed by atoms with Gasteiger partial charge in [-0.25, -0.2) is 4.68 Å². The number of nitrogens with zero attached hydrogens (tertiary/aromatic N) is 4. The fourth-order valence-corrected chi connectivity index (χ4v) is 3.03. The van der Waals surface area contributed by atoms with Gasteiger partial charge in [0.05, 0.1) is 18.5 Å². The number of piperazine rings is 1. The van der Waals surface area contributed by atoms with Crippen LogP contribution in [0.4, 0.5) is 0 Å². The first-order valence-electron chi connectivity index (χ1n) is 8.97. The minimum atomic E-state index is -0.178. The third-order valence-electron chi connectivity index (χ3n) is 4.57. The van der Waals surface area contributed by atoms with Crippen molar-refractivity contribution in [2.75, 3.05) is 46.4 Å². The molecule has 3 rings (SSSR count). The Balaban J connectivity index is 0.00000261. The van der Waals surface area contributed by atoms with Crippen molar-refractivity contribution in [1.29, 1.82) is 0 Å². The number of aromatic nitrogens is 3. The zero-order valence-corrected chi connectivity index (χ0v) is 16.6. The average Bonchev–Trinajstić information content (AvgIpc) is 3.07. The molecule has 1 aliphatic rings. The minimum absolute atomic E-state index is 0. The van der Waals surface area contributed by atoms with Crippen molar-refractivity contribution in [3.05, 3.63) is 35.7 Å². The molecule has 2 N–H and O–H groups in total. The van der Waals surface area contributed by atoms with E-state index in [1.165, 1.54) is 0 Å². The summed E-state index contributed by atoms with van der Waals surface area (Å²) in [6, 6.07) is 7.48. The van der Waals surface area contributed by atoms with Gasteiger partial charge >= 0.3 is 0 Å². The third kappa shape index (κ3) is 5.41. The lowest BCUT2D eigenvalue weighted by Crippen LogP contribution is -2.44. The molecule has 8 nitrogen and oxygen atoms in total. The number of nitrogens with one attached hydrogen (secondary N) is 2. The highest BCUT2D eigenvalue weighted by Crippen LogP contribution is 2.16. The van der Waals surface area contributed by atoms with E-state index in [2.05, 4.69) is 25.8 Å². The van der Waals surface area contributed by atoms with E-state index in [9.17, 15) is 4.79 Å². The van der Waals surface area contributed by atoms with Crippen LogP contribution in [0.15, 0.2) is 24.3 Å². The van der Waals surface area contributed by atoms with E-state index in [-0.39, 0.29) is 18.3 Å². The summed E-state index contributed by atoms with van der Waals surface area (Å²) in [6.07, 6.45) is 0.928. The molecule has 27 heavy (non-hydrogen) atoms. The Bertz CT molecular complexity index is 728. The SMILES string of the molecule is COc1ccc(-n2nnc(C(=O)NCCCN3CCNCC3)c2C)cc1.Cl. The number of benzene rings is 1. The summed E-state index contributed by atoms with van der Waals surface area (Å²) in [4.78, 5) is 14.8. The van der Waals surface area contributed by atoms with Gasteiger partial charge in [-0.1, -0.05) is 5.21 Å². The number of amides is 1. The first-order valence-corrected chi connectivity index (χ1v) is 8.97. The molecule has 1 aliphatic heterocycles. The fourth-order valence-electron chi connectivity index (χ4n) is 3.03. The van der Waals surface area contributed by atoms with Crippen LogP contribution in [0.5, 0.6) is 5.75 Å². The van der Waals surface area contributed by atoms with Crippen molar-refractivity contribution in [2.24, 2.45) is 0 Å². The summed E-state index contributed by atoms with van der Waals surface area (Å²) in [5.41, 5.74) is 1.92. The van der Waals surface area contributed by atoms with Crippen molar-refractivity contribution < 1.29 is 9.53 Å². The molecule has 2 heterocycles. The Hall–Kier alpha value is -2.16. The van der Waals surface area contributed by atoms with Gasteiger partial charge in [0, 0.05) is 32.7 Å². The number of halogens is 1. The van der Waals surface area contributed by atoms with Gasteiger partial charge in [0.25, 0.3) is 5.91 Å². The molecule has 1 fully saturated rings. The normalized spacial score (nSPS) is 14.4. The molecule has 0 unspecified atom stereocenters. The van der Waals surface area contributed by atoms with Gasteiger partial charge in [-0.15, -0.1) is 17.5 Å². The van der Waals surface area contributed by atoms with Gasteiger partial charge in [0.15, 0.2) is 5.69 Å². The summed E-state index contributed by atoms with van der Waals surface area (Å²) >= 11 is 0. The first-order chi connectivity index (χ1) is 12.7. The molecule has 0 saturated carbocycles. The smallest absolute Gasteiger partial charge is 0.273 e. The molecule has 2 aromatic rings. The summed E-state index contributed by atoms with van der Waals surface area (Å²) in [7, 11) is 1.63. The van der Waals surface area contributed by atoms with Crippen molar-refractivity contribution in [2.45, 2.75) is 13.3 Å². The van der Waals surface area contributed by atoms with Gasteiger partial charge in [0.2, 0.25) is 0 Å². The van der Waals surface area contributed by atoms with Crippen molar-refractivity contribution in [1.82, 2.24) is 30.5 Å². The average molecular weight is 395 g/mol. The minimum Gasteiger partial charge on any atom is -0.497 e. The molecule has 0 spiro atoms. The van der Waals surface area contributed by atoms with Crippen LogP contribution in [-0.4, -0.2) is 72.2 Å². The van der Waals surface area contributed by atoms with Crippen molar-refractivity contribution in [3.63, 3.8) is 0 Å². The number of hydrogen-bond donors (Lipinski definition) is 2. The molecular formula is C18H27ClN6O2. The highest BCUT2D eigenvalue weighted by atomic mass is 35.5. The maximum atomic E-state index is 12.4. The molecule has 9 heteroatoms. The Kier molecular flexibility index (Phi) is 8.02. The molecule has 0 bridgehead atoms. The van der Waals surface area contributed by atoms with Gasteiger partial charge < -0.3 is 20.3 Å². The van der Waals surface area contributed by atoms with Crippen LogP contribution >= 0.6 is 12.4 Å².